The molecule has 1 atom stereocenters. The molecule has 0 fully saturated rings. The van der Waals surface area contributed by atoms with Gasteiger partial charge in [-0.25, -0.2) is 9.67 Å². The Bertz CT molecular complexity index is 1240. The molecule has 0 bridgehead atoms. The first-order valence-electron chi connectivity index (χ1n) is 8.73. The number of fused-ring (bicyclic) bond motifs is 2. The van der Waals surface area contributed by atoms with Crippen LogP contribution in [-0.4, -0.2) is 34.6 Å². The molecular weight excluding hydrogens is 340 g/mol. The van der Waals surface area contributed by atoms with E-state index in [1.54, 1.807) is 4.68 Å². The molecule has 0 aliphatic carbocycles. The molecule has 0 radical (unpaired) electrons. The largest absolute Gasteiger partial charge is 0.324 e. The van der Waals surface area contributed by atoms with Gasteiger partial charge >= 0.3 is 0 Å². The summed E-state index contributed by atoms with van der Waals surface area (Å²) < 4.78 is 3.79. The van der Waals surface area contributed by atoms with Crippen molar-refractivity contribution in [1.29, 1.82) is 0 Å². The highest BCUT2D eigenvalue weighted by Gasteiger charge is 2.11. The highest BCUT2D eigenvalue weighted by Crippen LogP contribution is 2.25. The number of nitrogens with two attached hydrogens (primary N) is 1. The third-order valence-electron chi connectivity index (χ3n) is 4.67. The van der Waals surface area contributed by atoms with Crippen molar-refractivity contribution in [2.75, 3.05) is 0 Å². The van der Waals surface area contributed by atoms with Gasteiger partial charge in [0.25, 0.3) is 0 Å². The van der Waals surface area contributed by atoms with Gasteiger partial charge in [0.05, 0.1) is 30.1 Å². The van der Waals surface area contributed by atoms with Crippen molar-refractivity contribution < 1.29 is 0 Å². The van der Waals surface area contributed by atoms with Crippen molar-refractivity contribution >= 4 is 16.6 Å². The minimum atomic E-state index is -0.0104. The Labute approximate surface area is 154 Å². The van der Waals surface area contributed by atoms with E-state index in [9.17, 15) is 0 Å². The minimum Gasteiger partial charge on any atom is -0.324 e. The third kappa shape index (κ3) is 2.76. The van der Waals surface area contributed by atoms with Gasteiger partial charge in [-0.05, 0) is 24.6 Å². The molecule has 1 aromatic carbocycles. The first-order chi connectivity index (χ1) is 13.2. The molecule has 4 heterocycles. The first kappa shape index (κ1) is 15.7. The van der Waals surface area contributed by atoms with Gasteiger partial charge in [0.1, 0.15) is 11.3 Å². The topological polar surface area (TPSA) is 103 Å². The van der Waals surface area contributed by atoms with Crippen LogP contribution < -0.4 is 5.73 Å². The number of rotatable bonds is 4. The molecule has 8 nitrogen and oxygen atoms in total. The molecular formula is C19H18N8. The standard InChI is InChI=1S/C19H18N8/c1-12(20)13-5-6-19-22-14(9-26(19)8-13)10-27-11-18(24-25-27)15-3-2-4-17-16(15)7-21-23-17/h2-9,11-12H,10,20H2,1H3,(H,21,23). The molecule has 4 aromatic heterocycles. The van der Waals surface area contributed by atoms with E-state index in [1.807, 2.05) is 66.4 Å². The summed E-state index contributed by atoms with van der Waals surface area (Å²) in [5.74, 6) is 0. The summed E-state index contributed by atoms with van der Waals surface area (Å²) >= 11 is 0. The summed E-state index contributed by atoms with van der Waals surface area (Å²) in [6.07, 6.45) is 7.75. The molecule has 5 rings (SSSR count). The Morgan fingerprint density at radius 1 is 1.15 bits per heavy atom. The second-order valence-corrected chi connectivity index (χ2v) is 6.69. The Hall–Kier alpha value is -3.52. The lowest BCUT2D eigenvalue weighted by atomic mass is 10.1. The van der Waals surface area contributed by atoms with Gasteiger partial charge in [0.2, 0.25) is 0 Å². The summed E-state index contributed by atoms with van der Waals surface area (Å²) in [5, 5.41) is 16.7. The highest BCUT2D eigenvalue weighted by atomic mass is 15.4. The third-order valence-corrected chi connectivity index (χ3v) is 4.67. The molecule has 0 amide bonds. The number of aromatic nitrogens is 7. The number of H-pyrrole nitrogens is 1. The number of nitrogens with one attached hydrogen (secondary N) is 1. The number of imidazole rings is 1. The lowest BCUT2D eigenvalue weighted by Crippen LogP contribution is -2.05. The van der Waals surface area contributed by atoms with E-state index in [4.69, 9.17) is 5.73 Å². The normalized spacial score (nSPS) is 12.8. The molecule has 5 aromatic rings. The summed E-state index contributed by atoms with van der Waals surface area (Å²) in [6.45, 7) is 2.51. The van der Waals surface area contributed by atoms with Crippen LogP contribution in [0.5, 0.6) is 0 Å². The van der Waals surface area contributed by atoms with E-state index in [0.29, 0.717) is 6.54 Å². The van der Waals surface area contributed by atoms with Crippen LogP contribution in [0.1, 0.15) is 24.2 Å². The molecule has 0 aliphatic heterocycles. The molecule has 3 N–H and O–H groups in total. The quantitative estimate of drug-likeness (QED) is 0.514. The van der Waals surface area contributed by atoms with Crippen molar-refractivity contribution in [1.82, 2.24) is 34.6 Å². The van der Waals surface area contributed by atoms with Crippen molar-refractivity contribution in [3.8, 4) is 11.3 Å². The van der Waals surface area contributed by atoms with Crippen LogP contribution in [0.2, 0.25) is 0 Å². The Morgan fingerprint density at radius 3 is 2.96 bits per heavy atom. The minimum absolute atomic E-state index is 0.0104. The van der Waals surface area contributed by atoms with Crippen molar-refractivity contribution in [2.45, 2.75) is 19.5 Å². The fraction of sp³-hybridized carbons (Fsp3) is 0.158. The van der Waals surface area contributed by atoms with Gasteiger partial charge in [-0.2, -0.15) is 5.10 Å². The molecule has 0 saturated heterocycles. The second-order valence-electron chi connectivity index (χ2n) is 6.69. The first-order valence-corrected chi connectivity index (χ1v) is 8.73. The SMILES string of the molecule is CC(N)c1ccc2nc(Cn3cc(-c4cccc5[nH]ncc45)nn3)cn2c1. The van der Waals surface area contributed by atoms with Crippen molar-refractivity contribution in [3.05, 3.63) is 66.4 Å². The van der Waals surface area contributed by atoms with Crippen LogP contribution in [0.3, 0.4) is 0 Å². The van der Waals surface area contributed by atoms with E-state index >= 15 is 0 Å². The maximum absolute atomic E-state index is 5.96. The highest BCUT2D eigenvalue weighted by molar-refractivity contribution is 5.92. The van der Waals surface area contributed by atoms with Gasteiger partial charge in [-0.3, -0.25) is 5.10 Å². The van der Waals surface area contributed by atoms with Crippen LogP contribution in [0.4, 0.5) is 0 Å². The van der Waals surface area contributed by atoms with Gasteiger partial charge in [-0.15, -0.1) is 5.10 Å². The van der Waals surface area contributed by atoms with Gasteiger partial charge in [-0.1, -0.05) is 23.4 Å². The summed E-state index contributed by atoms with van der Waals surface area (Å²) in [7, 11) is 0. The fourth-order valence-electron chi connectivity index (χ4n) is 3.26. The zero-order chi connectivity index (χ0) is 18.4. The predicted molar refractivity (Wildman–Crippen MR) is 102 cm³/mol. The predicted octanol–water partition coefficient (Wildman–Crippen LogP) is 2.54. The van der Waals surface area contributed by atoms with Crippen molar-refractivity contribution in [2.24, 2.45) is 5.73 Å². The van der Waals surface area contributed by atoms with Crippen LogP contribution in [0.15, 0.2) is 55.1 Å². The van der Waals surface area contributed by atoms with Gasteiger partial charge < -0.3 is 10.1 Å². The molecule has 8 heteroatoms. The van der Waals surface area contributed by atoms with Crippen molar-refractivity contribution in [3.63, 3.8) is 0 Å². The summed E-state index contributed by atoms with van der Waals surface area (Å²) in [4.78, 5) is 4.65. The van der Waals surface area contributed by atoms with Crippen LogP contribution in [-0.2, 0) is 6.54 Å². The number of hydrogen-bond acceptors (Lipinski definition) is 5. The molecule has 0 spiro atoms. The summed E-state index contributed by atoms with van der Waals surface area (Å²) in [5.41, 5.74) is 11.6. The molecule has 27 heavy (non-hydrogen) atoms. The number of hydrogen-bond donors (Lipinski definition) is 2. The summed E-state index contributed by atoms with van der Waals surface area (Å²) in [6, 6.07) is 9.97. The number of aromatic amines is 1. The average Bonchev–Trinajstić information content (AvgIpc) is 3.39. The van der Waals surface area contributed by atoms with E-state index in [1.165, 1.54) is 0 Å². The second kappa shape index (κ2) is 6.03. The lowest BCUT2D eigenvalue weighted by molar-refractivity contribution is 0.641. The van der Waals surface area contributed by atoms with Crippen LogP contribution in [0, 0.1) is 0 Å². The van der Waals surface area contributed by atoms with Crippen LogP contribution in [0.25, 0.3) is 27.8 Å². The molecule has 1 unspecified atom stereocenters. The fourth-order valence-corrected chi connectivity index (χ4v) is 3.26. The Balaban J connectivity index is 1.45. The zero-order valence-corrected chi connectivity index (χ0v) is 14.7. The molecule has 0 saturated carbocycles. The maximum Gasteiger partial charge on any atom is 0.137 e. The van der Waals surface area contributed by atoms with E-state index < -0.39 is 0 Å². The number of pyridine rings is 1. The maximum atomic E-state index is 5.96. The monoisotopic (exact) mass is 358 g/mol. The molecule has 134 valence electrons. The van der Waals surface area contributed by atoms with Crippen LogP contribution >= 0.6 is 0 Å². The van der Waals surface area contributed by atoms with E-state index in [-0.39, 0.29) is 6.04 Å². The molecule has 0 aliphatic rings. The Kier molecular flexibility index (Phi) is 3.51. The number of benzene rings is 1. The average molecular weight is 358 g/mol. The van der Waals surface area contributed by atoms with Gasteiger partial charge in [0, 0.05) is 29.4 Å². The van der Waals surface area contributed by atoms with Gasteiger partial charge in [0.15, 0.2) is 0 Å². The smallest absolute Gasteiger partial charge is 0.137 e. The van der Waals surface area contributed by atoms with E-state index in [0.717, 1.165) is 39.1 Å². The lowest BCUT2D eigenvalue weighted by Gasteiger charge is -2.04. The van der Waals surface area contributed by atoms with E-state index in [2.05, 4.69) is 25.5 Å². The Morgan fingerprint density at radius 2 is 2.07 bits per heavy atom. The zero-order valence-electron chi connectivity index (χ0n) is 14.7. The number of nitrogens with zero attached hydrogens (tertiary/aromatic N) is 6.